The lowest BCUT2D eigenvalue weighted by Crippen LogP contribution is -2.00. The highest BCUT2D eigenvalue weighted by molar-refractivity contribution is 6.28. The van der Waals surface area contributed by atoms with Gasteiger partial charge < -0.3 is 9.84 Å². The van der Waals surface area contributed by atoms with Crippen molar-refractivity contribution in [1.29, 1.82) is 0 Å². The molecule has 0 aliphatic rings. The van der Waals surface area contributed by atoms with E-state index in [0.29, 0.717) is 11.4 Å². The van der Waals surface area contributed by atoms with E-state index in [0.717, 1.165) is 0 Å². The number of rotatable bonds is 2. The van der Waals surface area contributed by atoms with E-state index >= 15 is 0 Å². The molecule has 1 N–H and O–H groups in total. The molecule has 1 aromatic rings. The number of ether oxygens (including phenoxy) is 1. The zero-order valence-electron chi connectivity index (χ0n) is 6.78. The van der Waals surface area contributed by atoms with Crippen LogP contribution >= 0.6 is 11.6 Å². The standard InChI is InChI=1S/C7H9ClN2O2/c1-4(11)5-3-9-7(8)10-6(5)12-2/h3-4,11H,1-2H3. The van der Waals surface area contributed by atoms with Gasteiger partial charge in [-0.2, -0.15) is 4.98 Å². The van der Waals surface area contributed by atoms with Crippen LogP contribution in [0.5, 0.6) is 5.88 Å². The molecule has 0 fully saturated rings. The lowest BCUT2D eigenvalue weighted by atomic mass is 10.2. The molecule has 0 saturated carbocycles. The summed E-state index contributed by atoms with van der Waals surface area (Å²) >= 11 is 5.52. The lowest BCUT2D eigenvalue weighted by molar-refractivity contribution is 0.192. The fraction of sp³-hybridized carbons (Fsp3) is 0.429. The molecular formula is C7H9ClN2O2. The molecule has 66 valence electrons. The van der Waals surface area contributed by atoms with Gasteiger partial charge in [-0.15, -0.1) is 0 Å². The molecule has 5 heteroatoms. The normalized spacial score (nSPS) is 12.7. The summed E-state index contributed by atoms with van der Waals surface area (Å²) in [6.07, 6.45) is 0.788. The number of hydrogen-bond acceptors (Lipinski definition) is 4. The van der Waals surface area contributed by atoms with Crippen molar-refractivity contribution in [2.24, 2.45) is 0 Å². The monoisotopic (exact) mass is 188 g/mol. The minimum Gasteiger partial charge on any atom is -0.481 e. The van der Waals surface area contributed by atoms with Crippen LogP contribution in [0.15, 0.2) is 6.20 Å². The summed E-state index contributed by atoms with van der Waals surface area (Å²) in [5.74, 6) is 0.310. The summed E-state index contributed by atoms with van der Waals surface area (Å²) < 4.78 is 4.89. The molecule has 0 aliphatic heterocycles. The zero-order chi connectivity index (χ0) is 9.14. The van der Waals surface area contributed by atoms with Crippen LogP contribution < -0.4 is 4.74 Å². The van der Waals surface area contributed by atoms with Crippen molar-refractivity contribution in [3.63, 3.8) is 0 Å². The van der Waals surface area contributed by atoms with Gasteiger partial charge in [0.2, 0.25) is 11.2 Å². The van der Waals surface area contributed by atoms with Crippen LogP contribution in [0.1, 0.15) is 18.6 Å². The molecule has 0 aliphatic carbocycles. The molecule has 0 bridgehead atoms. The maximum absolute atomic E-state index is 9.22. The van der Waals surface area contributed by atoms with Gasteiger partial charge in [0.15, 0.2) is 0 Å². The Morgan fingerprint density at radius 3 is 2.83 bits per heavy atom. The molecule has 1 rings (SSSR count). The van der Waals surface area contributed by atoms with Gasteiger partial charge in [0.05, 0.1) is 18.8 Å². The number of halogens is 1. The average molecular weight is 189 g/mol. The Kier molecular flexibility index (Phi) is 2.83. The van der Waals surface area contributed by atoms with E-state index in [1.54, 1.807) is 6.92 Å². The van der Waals surface area contributed by atoms with Gasteiger partial charge in [-0.05, 0) is 18.5 Å². The van der Waals surface area contributed by atoms with E-state index in [1.807, 2.05) is 0 Å². The SMILES string of the molecule is COc1nc(Cl)ncc1C(C)O. The summed E-state index contributed by atoms with van der Waals surface area (Å²) in [5, 5.41) is 9.33. The predicted molar refractivity (Wildman–Crippen MR) is 44.2 cm³/mol. The molecule has 1 unspecified atom stereocenters. The number of aromatic nitrogens is 2. The molecule has 0 radical (unpaired) electrons. The fourth-order valence-corrected chi connectivity index (χ4v) is 0.931. The Bertz CT molecular complexity index is 278. The van der Waals surface area contributed by atoms with E-state index < -0.39 is 6.10 Å². The first-order valence-corrected chi connectivity index (χ1v) is 3.77. The highest BCUT2D eigenvalue weighted by Crippen LogP contribution is 2.22. The van der Waals surface area contributed by atoms with Crippen molar-refractivity contribution < 1.29 is 9.84 Å². The molecule has 1 heterocycles. The first kappa shape index (κ1) is 9.22. The molecule has 4 nitrogen and oxygen atoms in total. The third-order valence-electron chi connectivity index (χ3n) is 1.39. The Hall–Kier alpha value is -0.870. The van der Waals surface area contributed by atoms with Gasteiger partial charge in [-0.3, -0.25) is 0 Å². The largest absolute Gasteiger partial charge is 0.481 e. The maximum atomic E-state index is 9.22. The Labute approximate surface area is 75.2 Å². The van der Waals surface area contributed by atoms with Gasteiger partial charge in [-0.25, -0.2) is 4.98 Å². The van der Waals surface area contributed by atoms with Crippen LogP contribution in [0.25, 0.3) is 0 Å². The highest BCUT2D eigenvalue weighted by Gasteiger charge is 2.10. The number of nitrogens with zero attached hydrogens (tertiary/aromatic N) is 2. The van der Waals surface area contributed by atoms with Crippen molar-refractivity contribution in [2.75, 3.05) is 7.11 Å². The Morgan fingerprint density at radius 1 is 1.67 bits per heavy atom. The van der Waals surface area contributed by atoms with Crippen LogP contribution in [0.4, 0.5) is 0 Å². The quantitative estimate of drug-likeness (QED) is 0.709. The average Bonchev–Trinajstić information content (AvgIpc) is 2.03. The van der Waals surface area contributed by atoms with Crippen molar-refractivity contribution in [3.05, 3.63) is 17.0 Å². The van der Waals surface area contributed by atoms with Gasteiger partial charge in [0, 0.05) is 6.20 Å². The second-order valence-corrected chi connectivity index (χ2v) is 2.62. The first-order chi connectivity index (χ1) is 5.65. The van der Waals surface area contributed by atoms with Crippen molar-refractivity contribution in [1.82, 2.24) is 9.97 Å². The first-order valence-electron chi connectivity index (χ1n) is 3.39. The van der Waals surface area contributed by atoms with Crippen LogP contribution in [-0.4, -0.2) is 22.2 Å². The molecule has 0 saturated heterocycles. The van der Waals surface area contributed by atoms with Gasteiger partial charge in [0.25, 0.3) is 0 Å². The van der Waals surface area contributed by atoms with Crippen LogP contribution in [-0.2, 0) is 0 Å². The molecule has 0 aromatic carbocycles. The summed E-state index contributed by atoms with van der Waals surface area (Å²) in [4.78, 5) is 7.51. The van der Waals surface area contributed by atoms with Crippen molar-refractivity contribution >= 4 is 11.6 Å². The minimum atomic E-state index is -0.655. The van der Waals surface area contributed by atoms with Crippen LogP contribution in [0.3, 0.4) is 0 Å². The molecule has 12 heavy (non-hydrogen) atoms. The third kappa shape index (κ3) is 1.84. The second kappa shape index (κ2) is 3.69. The smallest absolute Gasteiger partial charge is 0.225 e. The predicted octanol–water partition coefficient (Wildman–Crippen LogP) is 1.19. The topological polar surface area (TPSA) is 55.2 Å². The van der Waals surface area contributed by atoms with Crippen LogP contribution in [0, 0.1) is 0 Å². The van der Waals surface area contributed by atoms with Gasteiger partial charge >= 0.3 is 0 Å². The molecule has 0 amide bonds. The molecule has 1 aromatic heterocycles. The lowest BCUT2D eigenvalue weighted by Gasteiger charge is -2.08. The van der Waals surface area contributed by atoms with E-state index in [4.69, 9.17) is 16.3 Å². The second-order valence-electron chi connectivity index (χ2n) is 2.28. The number of aliphatic hydroxyl groups excluding tert-OH is 1. The van der Waals surface area contributed by atoms with E-state index in [9.17, 15) is 5.11 Å². The summed E-state index contributed by atoms with van der Waals surface area (Å²) in [5.41, 5.74) is 0.530. The van der Waals surface area contributed by atoms with Crippen molar-refractivity contribution in [2.45, 2.75) is 13.0 Å². The van der Waals surface area contributed by atoms with E-state index in [2.05, 4.69) is 9.97 Å². The highest BCUT2D eigenvalue weighted by atomic mass is 35.5. The maximum Gasteiger partial charge on any atom is 0.225 e. The van der Waals surface area contributed by atoms with Gasteiger partial charge in [0.1, 0.15) is 0 Å². The molecule has 0 spiro atoms. The zero-order valence-corrected chi connectivity index (χ0v) is 7.54. The number of aliphatic hydroxyl groups is 1. The Balaban J connectivity index is 3.11. The summed E-state index contributed by atoms with van der Waals surface area (Å²) in [6, 6.07) is 0. The van der Waals surface area contributed by atoms with Gasteiger partial charge in [-0.1, -0.05) is 0 Å². The molecular weight excluding hydrogens is 180 g/mol. The van der Waals surface area contributed by atoms with Crippen molar-refractivity contribution in [3.8, 4) is 5.88 Å². The summed E-state index contributed by atoms with van der Waals surface area (Å²) in [6.45, 7) is 1.61. The third-order valence-corrected chi connectivity index (χ3v) is 1.58. The molecule has 1 atom stereocenters. The summed E-state index contributed by atoms with van der Waals surface area (Å²) in [7, 11) is 1.46. The number of hydrogen-bond donors (Lipinski definition) is 1. The minimum absolute atomic E-state index is 0.108. The fourth-order valence-electron chi connectivity index (χ4n) is 0.805. The van der Waals surface area contributed by atoms with E-state index in [1.165, 1.54) is 13.3 Å². The Morgan fingerprint density at radius 2 is 2.33 bits per heavy atom. The van der Waals surface area contributed by atoms with Crippen LogP contribution in [0.2, 0.25) is 5.28 Å². The van der Waals surface area contributed by atoms with E-state index in [-0.39, 0.29) is 5.28 Å². The number of methoxy groups -OCH3 is 1.